The van der Waals surface area contributed by atoms with Crippen molar-refractivity contribution in [2.45, 2.75) is 39.5 Å². The molecule has 18 heavy (non-hydrogen) atoms. The molecule has 0 aliphatic carbocycles. The minimum atomic E-state index is -1.01. The Balaban J connectivity index is 3.73. The lowest BCUT2D eigenvalue weighted by atomic mass is 10.2. The second-order valence-electron chi connectivity index (χ2n) is 3.89. The molecule has 0 fully saturated rings. The van der Waals surface area contributed by atoms with Crippen molar-refractivity contribution in [2.24, 2.45) is 0 Å². The molecule has 6 nitrogen and oxygen atoms in total. The van der Waals surface area contributed by atoms with Gasteiger partial charge < -0.3 is 4.74 Å². The van der Waals surface area contributed by atoms with Crippen molar-refractivity contribution in [3.8, 4) is 0 Å². The van der Waals surface area contributed by atoms with Crippen LogP contribution in [0.3, 0.4) is 0 Å². The smallest absolute Gasteiger partial charge is 0.398 e. The molecule has 6 heteroatoms. The van der Waals surface area contributed by atoms with Gasteiger partial charge in [-0.1, -0.05) is 32.8 Å². The highest BCUT2D eigenvalue weighted by Crippen LogP contribution is 1.98. The number of ether oxygens (including phenoxy) is 1. The molecular weight excluding hydrogens is 236 g/mol. The van der Waals surface area contributed by atoms with E-state index in [1.54, 1.807) is 0 Å². The highest BCUT2D eigenvalue weighted by molar-refractivity contribution is 6.32. The van der Waals surface area contributed by atoms with Crippen LogP contribution in [0.1, 0.15) is 39.5 Å². The normalized spacial score (nSPS) is 9.44. The summed E-state index contributed by atoms with van der Waals surface area (Å²) in [6.45, 7) is 7.14. The number of esters is 1. The zero-order valence-electron chi connectivity index (χ0n) is 10.9. The average molecular weight is 256 g/mol. The summed E-state index contributed by atoms with van der Waals surface area (Å²) in [5.41, 5.74) is 4.20. The Morgan fingerprint density at radius 2 is 1.67 bits per heavy atom. The van der Waals surface area contributed by atoms with E-state index < -0.39 is 17.8 Å². The fourth-order valence-corrected chi connectivity index (χ4v) is 1.03. The van der Waals surface area contributed by atoms with Crippen LogP contribution in [0, 0.1) is 0 Å². The number of nitrogens with one attached hydrogen (secondary N) is 2. The van der Waals surface area contributed by atoms with Crippen molar-refractivity contribution < 1.29 is 19.1 Å². The van der Waals surface area contributed by atoms with Gasteiger partial charge in [0.15, 0.2) is 0 Å². The molecule has 2 N–H and O–H groups in total. The van der Waals surface area contributed by atoms with Crippen molar-refractivity contribution in [1.29, 1.82) is 0 Å². The van der Waals surface area contributed by atoms with E-state index in [1.807, 2.05) is 10.9 Å². The summed E-state index contributed by atoms with van der Waals surface area (Å²) in [7, 11) is 0. The zero-order valence-corrected chi connectivity index (χ0v) is 10.9. The quantitative estimate of drug-likeness (QED) is 0.242. The zero-order chi connectivity index (χ0) is 14.0. The van der Waals surface area contributed by atoms with Crippen molar-refractivity contribution in [3.63, 3.8) is 0 Å². The minimum absolute atomic E-state index is 0.209. The summed E-state index contributed by atoms with van der Waals surface area (Å²) >= 11 is 0. The predicted molar refractivity (Wildman–Crippen MR) is 66.2 cm³/mol. The van der Waals surface area contributed by atoms with Crippen LogP contribution < -0.4 is 10.9 Å². The van der Waals surface area contributed by atoms with Crippen LogP contribution in [-0.4, -0.2) is 24.4 Å². The van der Waals surface area contributed by atoms with Gasteiger partial charge >= 0.3 is 11.9 Å². The van der Waals surface area contributed by atoms with Crippen LogP contribution >= 0.6 is 0 Å². The van der Waals surface area contributed by atoms with E-state index in [-0.39, 0.29) is 12.2 Å². The topological polar surface area (TPSA) is 84.5 Å². The maximum atomic E-state index is 11.2. The molecule has 0 bridgehead atoms. The summed E-state index contributed by atoms with van der Waals surface area (Å²) < 4.78 is 4.72. The Labute approximate surface area is 107 Å². The molecule has 0 atom stereocenters. The molecule has 0 aromatic heterocycles. The van der Waals surface area contributed by atoms with Crippen LogP contribution in [0.2, 0.25) is 0 Å². The SMILES string of the molecule is C=C(C)C(=O)NNC(=O)C(=O)OCCCCCC. The van der Waals surface area contributed by atoms with Gasteiger partial charge in [-0.15, -0.1) is 0 Å². The second kappa shape index (κ2) is 9.21. The van der Waals surface area contributed by atoms with Gasteiger partial charge in [0, 0.05) is 5.57 Å². The van der Waals surface area contributed by atoms with E-state index in [1.165, 1.54) is 6.92 Å². The summed E-state index contributed by atoms with van der Waals surface area (Å²) in [6.07, 6.45) is 3.84. The Hall–Kier alpha value is -1.85. The molecule has 0 aromatic carbocycles. The van der Waals surface area contributed by atoms with Gasteiger partial charge in [0.05, 0.1) is 6.61 Å². The third kappa shape index (κ3) is 7.43. The number of unbranched alkanes of at least 4 members (excludes halogenated alkanes) is 3. The minimum Gasteiger partial charge on any atom is -0.459 e. The van der Waals surface area contributed by atoms with Gasteiger partial charge in [0.1, 0.15) is 0 Å². The number of rotatable bonds is 6. The molecular formula is C12H20N2O4. The molecule has 0 spiro atoms. The number of carbonyl (C=O) groups is 3. The maximum absolute atomic E-state index is 11.2. The third-order valence-corrected chi connectivity index (χ3v) is 2.09. The van der Waals surface area contributed by atoms with E-state index in [2.05, 4.69) is 13.5 Å². The van der Waals surface area contributed by atoms with E-state index in [0.717, 1.165) is 25.7 Å². The summed E-state index contributed by atoms with van der Waals surface area (Å²) in [5, 5.41) is 0. The molecule has 0 aliphatic heterocycles. The predicted octanol–water partition coefficient (Wildman–Crippen LogP) is 0.833. The monoisotopic (exact) mass is 256 g/mol. The van der Waals surface area contributed by atoms with Crippen LogP contribution in [-0.2, 0) is 19.1 Å². The van der Waals surface area contributed by atoms with Crippen molar-refractivity contribution in [1.82, 2.24) is 10.9 Å². The maximum Gasteiger partial charge on any atom is 0.398 e. The largest absolute Gasteiger partial charge is 0.459 e. The van der Waals surface area contributed by atoms with Gasteiger partial charge in [-0.3, -0.25) is 20.4 Å². The van der Waals surface area contributed by atoms with E-state index in [0.29, 0.717) is 0 Å². The van der Waals surface area contributed by atoms with E-state index in [4.69, 9.17) is 4.74 Å². The van der Waals surface area contributed by atoms with Gasteiger partial charge in [0.2, 0.25) is 0 Å². The van der Waals surface area contributed by atoms with Crippen molar-refractivity contribution in [3.05, 3.63) is 12.2 Å². The standard InChI is InChI=1S/C12H20N2O4/c1-4-5-6-7-8-18-12(17)11(16)14-13-10(15)9(2)3/h2,4-8H2,1,3H3,(H,13,15)(H,14,16). The first-order valence-electron chi connectivity index (χ1n) is 5.92. The molecule has 0 unspecified atom stereocenters. The van der Waals surface area contributed by atoms with Gasteiger partial charge in [0.25, 0.3) is 5.91 Å². The van der Waals surface area contributed by atoms with E-state index >= 15 is 0 Å². The highest BCUT2D eigenvalue weighted by atomic mass is 16.5. The summed E-state index contributed by atoms with van der Waals surface area (Å²) in [5.74, 6) is -2.56. The molecule has 2 amide bonds. The van der Waals surface area contributed by atoms with Gasteiger partial charge in [-0.25, -0.2) is 4.79 Å². The lowest BCUT2D eigenvalue weighted by Gasteiger charge is -2.07. The lowest BCUT2D eigenvalue weighted by Crippen LogP contribution is -2.45. The molecule has 0 aliphatic rings. The second-order valence-corrected chi connectivity index (χ2v) is 3.89. The van der Waals surface area contributed by atoms with Crippen molar-refractivity contribution in [2.75, 3.05) is 6.61 Å². The first kappa shape index (κ1) is 16.1. The first-order valence-corrected chi connectivity index (χ1v) is 5.92. The fraction of sp³-hybridized carbons (Fsp3) is 0.583. The van der Waals surface area contributed by atoms with Gasteiger partial charge in [-0.05, 0) is 13.3 Å². The number of amides is 2. The number of hydrogen-bond donors (Lipinski definition) is 2. The Kier molecular flexibility index (Phi) is 8.26. The van der Waals surface area contributed by atoms with Crippen LogP contribution in [0.5, 0.6) is 0 Å². The Morgan fingerprint density at radius 3 is 2.22 bits per heavy atom. The van der Waals surface area contributed by atoms with Gasteiger partial charge in [-0.2, -0.15) is 0 Å². The molecule has 0 aromatic rings. The highest BCUT2D eigenvalue weighted by Gasteiger charge is 2.15. The Bertz CT molecular complexity index is 326. The Morgan fingerprint density at radius 1 is 1.06 bits per heavy atom. The molecule has 0 rings (SSSR count). The van der Waals surface area contributed by atoms with E-state index in [9.17, 15) is 14.4 Å². The van der Waals surface area contributed by atoms with Crippen molar-refractivity contribution >= 4 is 17.8 Å². The molecule has 102 valence electrons. The number of hydrogen-bond acceptors (Lipinski definition) is 4. The lowest BCUT2D eigenvalue weighted by molar-refractivity contribution is -0.155. The summed E-state index contributed by atoms with van der Waals surface area (Å²) in [4.78, 5) is 33.3. The van der Waals surface area contributed by atoms with Crippen LogP contribution in [0.4, 0.5) is 0 Å². The third-order valence-electron chi connectivity index (χ3n) is 2.09. The average Bonchev–Trinajstić information content (AvgIpc) is 2.34. The number of carbonyl (C=O) groups excluding carboxylic acids is 3. The fourth-order valence-electron chi connectivity index (χ4n) is 1.03. The summed E-state index contributed by atoms with van der Waals surface area (Å²) in [6, 6.07) is 0. The van der Waals surface area contributed by atoms with Crippen LogP contribution in [0.25, 0.3) is 0 Å². The number of hydrazine groups is 1. The molecule has 0 radical (unpaired) electrons. The molecule has 0 heterocycles. The molecule has 0 saturated carbocycles. The van der Waals surface area contributed by atoms with Crippen LogP contribution in [0.15, 0.2) is 12.2 Å². The molecule has 0 saturated heterocycles. The first-order chi connectivity index (χ1) is 8.49.